The van der Waals surface area contributed by atoms with Gasteiger partial charge in [0.1, 0.15) is 0 Å². The molecule has 0 bridgehead atoms. The summed E-state index contributed by atoms with van der Waals surface area (Å²) in [7, 11) is 0. The van der Waals surface area contributed by atoms with Crippen LogP contribution in [0.1, 0.15) is 13.8 Å². The third kappa shape index (κ3) is 2.03. The molecule has 0 aliphatic heterocycles. The van der Waals surface area contributed by atoms with Crippen molar-refractivity contribution in [2.45, 2.75) is 13.8 Å². The highest BCUT2D eigenvalue weighted by Gasteiger charge is 1.95. The van der Waals surface area contributed by atoms with Crippen molar-refractivity contribution in [3.05, 3.63) is 42.5 Å². The van der Waals surface area contributed by atoms with Gasteiger partial charge in [0.2, 0.25) is 0 Å². The minimum Gasteiger partial charge on any atom is -0.324 e. The lowest BCUT2D eigenvalue weighted by molar-refractivity contribution is 1.37. The Bertz CT molecular complexity index is 391. The molecule has 2 rings (SSSR count). The van der Waals surface area contributed by atoms with Gasteiger partial charge in [0.25, 0.3) is 0 Å². The Balaban J connectivity index is 0.000000461. The van der Waals surface area contributed by atoms with Crippen LogP contribution in [0, 0.1) is 0 Å². The van der Waals surface area contributed by atoms with Gasteiger partial charge >= 0.3 is 0 Å². The molecule has 0 aliphatic carbocycles. The minimum absolute atomic E-state index is 0.966. The average Bonchev–Trinajstić information content (AvgIpc) is 2.31. The molecule has 0 aromatic heterocycles. The number of hydrogen-bond donors (Lipinski definition) is 2. The Kier molecular flexibility index (Phi) is 3.95. The van der Waals surface area contributed by atoms with E-state index >= 15 is 0 Å². The second-order valence-corrected chi connectivity index (χ2v) is 2.67. The smallest absolute Gasteiger partial charge is 0.0563 e. The van der Waals surface area contributed by atoms with Crippen LogP contribution in [0.5, 0.6) is 0 Å². The van der Waals surface area contributed by atoms with Crippen LogP contribution in [-0.2, 0) is 0 Å². The van der Waals surface area contributed by atoms with Gasteiger partial charge < -0.3 is 5.43 Å². The number of nitrogens with two attached hydrogens (primary N) is 1. The largest absolute Gasteiger partial charge is 0.324 e. The molecule has 0 heterocycles. The van der Waals surface area contributed by atoms with Crippen LogP contribution in [0.15, 0.2) is 42.5 Å². The first-order valence-corrected chi connectivity index (χ1v) is 4.86. The summed E-state index contributed by atoms with van der Waals surface area (Å²) < 4.78 is 0. The molecule has 2 nitrogen and oxygen atoms in total. The molecule has 0 radical (unpaired) electrons. The van der Waals surface area contributed by atoms with Crippen molar-refractivity contribution in [3.63, 3.8) is 0 Å². The van der Waals surface area contributed by atoms with Crippen LogP contribution in [0.2, 0.25) is 0 Å². The Morgan fingerprint density at radius 1 is 0.929 bits per heavy atom. The zero-order valence-corrected chi connectivity index (χ0v) is 8.62. The monoisotopic (exact) mass is 188 g/mol. The van der Waals surface area contributed by atoms with Crippen molar-refractivity contribution in [3.8, 4) is 0 Å². The maximum atomic E-state index is 5.37. The molecular formula is C12H16N2. The van der Waals surface area contributed by atoms with Crippen molar-refractivity contribution < 1.29 is 0 Å². The Hall–Kier alpha value is -1.54. The molecule has 2 heteroatoms. The predicted molar refractivity (Wildman–Crippen MR) is 63.1 cm³/mol. The highest BCUT2D eigenvalue weighted by atomic mass is 15.2. The number of nitrogens with one attached hydrogen (secondary N) is 1. The molecule has 3 N–H and O–H groups in total. The second kappa shape index (κ2) is 5.25. The molecule has 74 valence electrons. The van der Waals surface area contributed by atoms with E-state index in [1.807, 2.05) is 44.2 Å². The highest BCUT2D eigenvalue weighted by Crippen LogP contribution is 2.21. The van der Waals surface area contributed by atoms with E-state index in [0.29, 0.717) is 0 Å². The first-order chi connectivity index (χ1) is 6.92. The van der Waals surface area contributed by atoms with Gasteiger partial charge in [-0.25, -0.2) is 0 Å². The summed E-state index contributed by atoms with van der Waals surface area (Å²) in [6, 6.07) is 14.1. The van der Waals surface area contributed by atoms with Gasteiger partial charge in [-0.2, -0.15) is 0 Å². The van der Waals surface area contributed by atoms with Gasteiger partial charge in [0.05, 0.1) is 5.69 Å². The third-order valence-corrected chi connectivity index (χ3v) is 1.95. The maximum absolute atomic E-state index is 5.37. The molecular weight excluding hydrogens is 172 g/mol. The van der Waals surface area contributed by atoms with Crippen LogP contribution < -0.4 is 11.3 Å². The van der Waals surface area contributed by atoms with Crippen LogP contribution >= 0.6 is 0 Å². The van der Waals surface area contributed by atoms with Gasteiger partial charge in [-0.05, 0) is 11.5 Å². The quantitative estimate of drug-likeness (QED) is 0.533. The summed E-state index contributed by atoms with van der Waals surface area (Å²) in [6.45, 7) is 4.00. The van der Waals surface area contributed by atoms with E-state index < -0.39 is 0 Å². The van der Waals surface area contributed by atoms with Crippen LogP contribution in [0.3, 0.4) is 0 Å². The lowest BCUT2D eigenvalue weighted by atomic mass is 10.1. The molecule has 0 spiro atoms. The van der Waals surface area contributed by atoms with E-state index in [1.54, 1.807) is 0 Å². The number of hydrazine groups is 1. The molecule has 0 unspecified atom stereocenters. The second-order valence-electron chi connectivity index (χ2n) is 2.67. The summed E-state index contributed by atoms with van der Waals surface area (Å²) in [5, 5.41) is 2.36. The van der Waals surface area contributed by atoms with E-state index in [1.165, 1.54) is 5.39 Å². The number of rotatable bonds is 1. The molecule has 0 aliphatic rings. The number of fused-ring (bicyclic) bond motifs is 1. The van der Waals surface area contributed by atoms with Crippen molar-refractivity contribution in [1.29, 1.82) is 0 Å². The Labute approximate surface area is 84.7 Å². The number of anilines is 1. The fourth-order valence-corrected chi connectivity index (χ4v) is 1.35. The fraction of sp³-hybridized carbons (Fsp3) is 0.167. The van der Waals surface area contributed by atoms with Crippen molar-refractivity contribution in [2.75, 3.05) is 5.43 Å². The first kappa shape index (κ1) is 10.5. The summed E-state index contributed by atoms with van der Waals surface area (Å²) in [5.74, 6) is 5.37. The number of nitrogen functional groups attached to an aromatic ring is 1. The SMILES string of the molecule is CC.NNc1cccc2ccccc12. The van der Waals surface area contributed by atoms with E-state index in [9.17, 15) is 0 Å². The standard InChI is InChI=1S/C10H10N2.C2H6/c11-12-10-7-3-5-8-4-1-2-6-9(8)10;1-2/h1-7,12H,11H2;1-2H3. The average molecular weight is 188 g/mol. The van der Waals surface area contributed by atoms with E-state index in [4.69, 9.17) is 5.84 Å². The molecule has 0 saturated carbocycles. The van der Waals surface area contributed by atoms with Crippen LogP contribution in [0.25, 0.3) is 10.8 Å². The first-order valence-electron chi connectivity index (χ1n) is 4.86. The zero-order valence-electron chi connectivity index (χ0n) is 8.62. The number of benzene rings is 2. The van der Waals surface area contributed by atoms with Crippen molar-refractivity contribution in [2.24, 2.45) is 5.84 Å². The highest BCUT2D eigenvalue weighted by molar-refractivity contribution is 5.93. The van der Waals surface area contributed by atoms with Crippen LogP contribution in [0.4, 0.5) is 5.69 Å². The Morgan fingerprint density at radius 2 is 1.57 bits per heavy atom. The normalized spacial score (nSPS) is 9.07. The van der Waals surface area contributed by atoms with Gasteiger partial charge in [0, 0.05) is 5.39 Å². The lowest BCUT2D eigenvalue weighted by Gasteiger charge is -2.03. The topological polar surface area (TPSA) is 38.0 Å². The summed E-state index contributed by atoms with van der Waals surface area (Å²) in [5.41, 5.74) is 3.64. The molecule has 0 atom stereocenters. The predicted octanol–water partition coefficient (Wildman–Crippen LogP) is 3.15. The summed E-state index contributed by atoms with van der Waals surface area (Å²) in [6.07, 6.45) is 0. The zero-order chi connectivity index (χ0) is 10.4. The van der Waals surface area contributed by atoms with E-state index in [2.05, 4.69) is 17.6 Å². The maximum Gasteiger partial charge on any atom is 0.0563 e. The summed E-state index contributed by atoms with van der Waals surface area (Å²) in [4.78, 5) is 0. The van der Waals surface area contributed by atoms with Crippen molar-refractivity contribution >= 4 is 16.5 Å². The van der Waals surface area contributed by atoms with E-state index in [-0.39, 0.29) is 0 Å². The van der Waals surface area contributed by atoms with Crippen LogP contribution in [-0.4, -0.2) is 0 Å². The number of hydrogen-bond acceptors (Lipinski definition) is 2. The third-order valence-electron chi connectivity index (χ3n) is 1.95. The van der Waals surface area contributed by atoms with Crippen molar-refractivity contribution in [1.82, 2.24) is 0 Å². The molecule has 0 fully saturated rings. The Morgan fingerprint density at radius 3 is 2.29 bits per heavy atom. The molecule has 14 heavy (non-hydrogen) atoms. The van der Waals surface area contributed by atoms with E-state index in [0.717, 1.165) is 11.1 Å². The lowest BCUT2D eigenvalue weighted by Crippen LogP contribution is -2.06. The summed E-state index contributed by atoms with van der Waals surface area (Å²) >= 11 is 0. The molecule has 2 aromatic carbocycles. The minimum atomic E-state index is 0.966. The van der Waals surface area contributed by atoms with Gasteiger partial charge in [-0.1, -0.05) is 50.2 Å². The van der Waals surface area contributed by atoms with Gasteiger partial charge in [-0.3, -0.25) is 5.84 Å². The molecule has 0 amide bonds. The van der Waals surface area contributed by atoms with Gasteiger partial charge in [-0.15, -0.1) is 0 Å². The molecule has 2 aromatic rings. The fourth-order valence-electron chi connectivity index (χ4n) is 1.35. The van der Waals surface area contributed by atoms with Gasteiger partial charge in [0.15, 0.2) is 0 Å². The molecule has 0 saturated heterocycles.